The number of hydrogen-bond donors (Lipinski definition) is 3. The first-order chi connectivity index (χ1) is 11.8. The maximum Gasteiger partial charge on any atom is 0.225 e. The molecule has 0 saturated carbocycles. The molecule has 3 aromatic heterocycles. The zero-order valence-corrected chi connectivity index (χ0v) is 16.2. The van der Waals surface area contributed by atoms with Gasteiger partial charge in [-0.1, -0.05) is 20.8 Å². The van der Waals surface area contributed by atoms with Crippen LogP contribution in [0.1, 0.15) is 38.0 Å². The highest BCUT2D eigenvalue weighted by atomic mass is 79.9. The second-order valence-electron chi connectivity index (χ2n) is 6.80. The zero-order chi connectivity index (χ0) is 18.0. The molecule has 0 amide bonds. The molecule has 0 spiro atoms. The molecule has 0 aliphatic rings. The van der Waals surface area contributed by atoms with E-state index in [4.69, 9.17) is 4.42 Å². The standard InChI is InChI=1S/C17H21BrN6O/c1-10-5-6-11(25-10)8-19-16-20-9-12(18)15(22-16)21-14-7-13(23-24-14)17(2,3)4/h5-7,9H,8H2,1-4H3,(H3,19,20,21,22,23,24). The van der Waals surface area contributed by atoms with Crippen LogP contribution in [0, 0.1) is 6.92 Å². The molecule has 3 aromatic rings. The largest absolute Gasteiger partial charge is 0.465 e. The van der Waals surface area contributed by atoms with Gasteiger partial charge in [0, 0.05) is 23.4 Å². The fourth-order valence-corrected chi connectivity index (χ4v) is 2.47. The number of aryl methyl sites for hydroxylation is 1. The third-order valence-electron chi connectivity index (χ3n) is 3.59. The average Bonchev–Trinajstić information content (AvgIpc) is 3.17. The molecule has 3 rings (SSSR count). The van der Waals surface area contributed by atoms with E-state index in [1.54, 1.807) is 6.20 Å². The van der Waals surface area contributed by atoms with Gasteiger partial charge in [0.05, 0.1) is 11.0 Å². The Kier molecular flexibility index (Phi) is 4.80. The summed E-state index contributed by atoms with van der Waals surface area (Å²) in [5.41, 5.74) is 1.05. The van der Waals surface area contributed by atoms with Crippen LogP contribution in [0.4, 0.5) is 17.6 Å². The molecule has 25 heavy (non-hydrogen) atoms. The molecule has 132 valence electrons. The normalized spacial score (nSPS) is 11.6. The third-order valence-corrected chi connectivity index (χ3v) is 4.17. The highest BCUT2D eigenvalue weighted by molar-refractivity contribution is 9.10. The first-order valence-corrected chi connectivity index (χ1v) is 8.75. The van der Waals surface area contributed by atoms with Crippen LogP contribution in [-0.2, 0) is 12.0 Å². The number of furan rings is 1. The summed E-state index contributed by atoms with van der Waals surface area (Å²) in [5, 5.41) is 13.7. The van der Waals surface area contributed by atoms with Gasteiger partial charge >= 0.3 is 0 Å². The van der Waals surface area contributed by atoms with Crippen LogP contribution in [0.15, 0.2) is 33.3 Å². The second kappa shape index (κ2) is 6.87. The van der Waals surface area contributed by atoms with E-state index in [1.165, 1.54) is 0 Å². The number of anilines is 3. The van der Waals surface area contributed by atoms with Gasteiger partial charge < -0.3 is 15.1 Å². The van der Waals surface area contributed by atoms with Crippen LogP contribution in [0.2, 0.25) is 0 Å². The lowest BCUT2D eigenvalue weighted by molar-refractivity contribution is 0.490. The summed E-state index contributed by atoms with van der Waals surface area (Å²) in [6.07, 6.45) is 1.70. The van der Waals surface area contributed by atoms with Crippen molar-refractivity contribution < 1.29 is 4.42 Å². The molecule has 0 bridgehead atoms. The maximum atomic E-state index is 5.53. The fraction of sp³-hybridized carbons (Fsp3) is 0.353. The molecular formula is C17H21BrN6O. The number of aromatic nitrogens is 4. The number of nitrogens with zero attached hydrogens (tertiary/aromatic N) is 3. The Morgan fingerprint density at radius 1 is 1.28 bits per heavy atom. The summed E-state index contributed by atoms with van der Waals surface area (Å²) in [5.74, 6) is 3.56. The number of nitrogens with one attached hydrogen (secondary N) is 3. The van der Waals surface area contributed by atoms with Crippen molar-refractivity contribution in [1.29, 1.82) is 0 Å². The van der Waals surface area contributed by atoms with E-state index in [1.807, 2.05) is 25.1 Å². The molecule has 0 saturated heterocycles. The van der Waals surface area contributed by atoms with Crippen LogP contribution in [0.3, 0.4) is 0 Å². The zero-order valence-electron chi connectivity index (χ0n) is 14.6. The van der Waals surface area contributed by atoms with Crippen molar-refractivity contribution in [3.05, 3.63) is 46.1 Å². The van der Waals surface area contributed by atoms with Gasteiger partial charge in [-0.25, -0.2) is 4.98 Å². The number of rotatable bonds is 5. The molecule has 3 heterocycles. The molecule has 0 unspecified atom stereocenters. The molecule has 0 atom stereocenters. The summed E-state index contributed by atoms with van der Waals surface area (Å²) in [4.78, 5) is 8.75. The Labute approximate surface area is 154 Å². The van der Waals surface area contributed by atoms with Gasteiger partial charge in [0.1, 0.15) is 11.5 Å². The highest BCUT2D eigenvalue weighted by Gasteiger charge is 2.17. The summed E-state index contributed by atoms with van der Waals surface area (Å²) in [6.45, 7) is 8.82. The molecule has 0 aromatic carbocycles. The number of hydrogen-bond acceptors (Lipinski definition) is 6. The minimum absolute atomic E-state index is 0.00369. The molecule has 0 aliphatic carbocycles. The van der Waals surface area contributed by atoms with E-state index in [-0.39, 0.29) is 5.41 Å². The van der Waals surface area contributed by atoms with E-state index in [9.17, 15) is 0 Å². The van der Waals surface area contributed by atoms with Crippen LogP contribution in [0.5, 0.6) is 0 Å². The fourth-order valence-electron chi connectivity index (χ4n) is 2.18. The smallest absolute Gasteiger partial charge is 0.225 e. The lowest BCUT2D eigenvalue weighted by Gasteiger charge is -2.14. The lowest BCUT2D eigenvalue weighted by atomic mass is 9.92. The number of halogens is 1. The predicted molar refractivity (Wildman–Crippen MR) is 101 cm³/mol. The van der Waals surface area contributed by atoms with Gasteiger partial charge in [0.15, 0.2) is 11.6 Å². The average molecular weight is 405 g/mol. The van der Waals surface area contributed by atoms with Gasteiger partial charge in [-0.3, -0.25) is 5.10 Å². The summed E-state index contributed by atoms with van der Waals surface area (Å²) in [6, 6.07) is 5.84. The summed E-state index contributed by atoms with van der Waals surface area (Å²) < 4.78 is 6.29. The van der Waals surface area contributed by atoms with Gasteiger partial charge in [0.25, 0.3) is 0 Å². The van der Waals surface area contributed by atoms with E-state index in [0.29, 0.717) is 24.1 Å². The first-order valence-electron chi connectivity index (χ1n) is 7.96. The Morgan fingerprint density at radius 3 is 2.72 bits per heavy atom. The van der Waals surface area contributed by atoms with Crippen LogP contribution in [0.25, 0.3) is 0 Å². The minimum Gasteiger partial charge on any atom is -0.465 e. The highest BCUT2D eigenvalue weighted by Crippen LogP contribution is 2.26. The van der Waals surface area contributed by atoms with Crippen molar-refractivity contribution in [2.45, 2.75) is 39.7 Å². The Morgan fingerprint density at radius 2 is 2.08 bits per heavy atom. The SMILES string of the molecule is Cc1ccc(CNc2ncc(Br)c(Nc3cc(C(C)(C)C)[nH]n3)n2)o1. The Hall–Kier alpha value is -2.35. The van der Waals surface area contributed by atoms with Gasteiger partial charge in [0.2, 0.25) is 5.95 Å². The van der Waals surface area contributed by atoms with Crippen molar-refractivity contribution in [1.82, 2.24) is 20.2 Å². The Balaban J connectivity index is 1.72. The topological polar surface area (TPSA) is 91.7 Å². The van der Waals surface area contributed by atoms with Crippen LogP contribution >= 0.6 is 15.9 Å². The monoisotopic (exact) mass is 404 g/mol. The van der Waals surface area contributed by atoms with Gasteiger partial charge in [-0.05, 0) is 35.0 Å². The van der Waals surface area contributed by atoms with E-state index in [0.717, 1.165) is 21.7 Å². The third kappa shape index (κ3) is 4.39. The van der Waals surface area contributed by atoms with Crippen LogP contribution in [-0.4, -0.2) is 20.2 Å². The Bertz CT molecular complexity index is 864. The van der Waals surface area contributed by atoms with Crippen LogP contribution < -0.4 is 10.6 Å². The quantitative estimate of drug-likeness (QED) is 0.578. The van der Waals surface area contributed by atoms with Crippen molar-refractivity contribution in [2.24, 2.45) is 0 Å². The first kappa shape index (κ1) is 17.5. The number of aromatic amines is 1. The van der Waals surface area contributed by atoms with E-state index in [2.05, 4.69) is 67.5 Å². The van der Waals surface area contributed by atoms with Crippen molar-refractivity contribution in [3.8, 4) is 0 Å². The van der Waals surface area contributed by atoms with E-state index >= 15 is 0 Å². The molecule has 3 N–H and O–H groups in total. The number of H-pyrrole nitrogens is 1. The molecule has 7 nitrogen and oxygen atoms in total. The lowest BCUT2D eigenvalue weighted by Crippen LogP contribution is -2.11. The van der Waals surface area contributed by atoms with E-state index < -0.39 is 0 Å². The molecule has 0 fully saturated rings. The molecule has 0 radical (unpaired) electrons. The van der Waals surface area contributed by atoms with Gasteiger partial charge in [-0.15, -0.1) is 0 Å². The van der Waals surface area contributed by atoms with Crippen molar-refractivity contribution in [3.63, 3.8) is 0 Å². The molecular weight excluding hydrogens is 384 g/mol. The second-order valence-corrected chi connectivity index (χ2v) is 7.65. The minimum atomic E-state index is 0.00369. The van der Waals surface area contributed by atoms with Crippen molar-refractivity contribution >= 4 is 33.5 Å². The van der Waals surface area contributed by atoms with Crippen molar-refractivity contribution in [2.75, 3.05) is 10.6 Å². The maximum absolute atomic E-state index is 5.53. The molecule has 8 heteroatoms. The predicted octanol–water partition coefficient (Wildman–Crippen LogP) is 4.52. The summed E-state index contributed by atoms with van der Waals surface area (Å²) in [7, 11) is 0. The molecule has 0 aliphatic heterocycles. The summed E-state index contributed by atoms with van der Waals surface area (Å²) >= 11 is 3.46. The van der Waals surface area contributed by atoms with Gasteiger partial charge in [-0.2, -0.15) is 10.1 Å².